The fourth-order valence-electron chi connectivity index (χ4n) is 6.93. The van der Waals surface area contributed by atoms with Crippen LogP contribution in [0, 0.1) is 5.92 Å². The SMILES string of the molecule is COc1cc2cc(c1Cl)N(C)C(=O)C[C@H](OC(=O)[C@@H](C)N(C)C(=O)CC[C@@H](C)SSC)[C@]1(C)O[C@H]1[C@H](C)[C@@H]1C[C@@](O)(NC(=O)O1)[C@H](OC)/C=C/C=C(\C)C2. The Morgan fingerprint density at radius 2 is 1.94 bits per heavy atom. The van der Waals surface area contributed by atoms with Crippen LogP contribution < -0.4 is 15.0 Å². The smallest absolute Gasteiger partial charge is 0.409 e. The molecule has 3 aliphatic rings. The van der Waals surface area contributed by atoms with Gasteiger partial charge >= 0.3 is 12.1 Å². The zero-order valence-electron chi connectivity index (χ0n) is 32.7. The Hall–Kier alpha value is -2.95. The summed E-state index contributed by atoms with van der Waals surface area (Å²) in [5, 5.41) is 14.8. The molecule has 0 aliphatic carbocycles. The second kappa shape index (κ2) is 18.3. The third-order valence-corrected chi connectivity index (χ3v) is 13.2. The van der Waals surface area contributed by atoms with Gasteiger partial charge in [-0.2, -0.15) is 0 Å². The molecule has 1 aromatic carbocycles. The maximum absolute atomic E-state index is 14.2. The number of carbonyl (C=O) groups excluding carboxylic acids is 4. The topological polar surface area (TPSA) is 156 Å². The maximum Gasteiger partial charge on any atom is 0.409 e. The van der Waals surface area contributed by atoms with Crippen molar-refractivity contribution in [2.24, 2.45) is 5.92 Å². The van der Waals surface area contributed by atoms with Crippen LogP contribution >= 0.6 is 33.2 Å². The molecule has 3 amide bonds. The first-order valence-corrected chi connectivity index (χ1v) is 20.9. The molecule has 300 valence electrons. The summed E-state index contributed by atoms with van der Waals surface area (Å²) in [6, 6.07) is 2.63. The predicted octanol–water partition coefficient (Wildman–Crippen LogP) is 5.69. The first kappa shape index (κ1) is 43.8. The van der Waals surface area contributed by atoms with Gasteiger partial charge < -0.3 is 38.6 Å². The second-order valence-electron chi connectivity index (χ2n) is 14.5. The molecule has 0 aromatic heterocycles. The summed E-state index contributed by atoms with van der Waals surface area (Å²) >= 11 is 6.77. The number of hydrogen-bond acceptors (Lipinski definition) is 12. The van der Waals surface area contributed by atoms with Crippen LogP contribution in [0.1, 0.15) is 65.9 Å². The molecule has 54 heavy (non-hydrogen) atoms. The molecule has 0 spiro atoms. The quantitative estimate of drug-likeness (QED) is 0.169. The van der Waals surface area contributed by atoms with E-state index in [9.17, 15) is 24.3 Å². The van der Waals surface area contributed by atoms with Gasteiger partial charge in [0.2, 0.25) is 11.8 Å². The van der Waals surface area contributed by atoms with E-state index in [2.05, 4.69) is 5.32 Å². The van der Waals surface area contributed by atoms with Crippen molar-refractivity contribution in [1.29, 1.82) is 0 Å². The first-order chi connectivity index (χ1) is 25.4. The number of benzene rings is 1. The van der Waals surface area contributed by atoms with Crippen molar-refractivity contribution in [1.82, 2.24) is 10.2 Å². The number of ether oxygens (including phenoxy) is 5. The van der Waals surface area contributed by atoms with Gasteiger partial charge in [-0.25, -0.2) is 9.59 Å². The zero-order chi connectivity index (χ0) is 40.1. The Labute approximate surface area is 331 Å². The monoisotopic (exact) mass is 811 g/mol. The van der Waals surface area contributed by atoms with E-state index in [1.165, 1.54) is 24.0 Å². The molecule has 4 rings (SSSR count). The third kappa shape index (κ3) is 10.1. The minimum absolute atomic E-state index is 0.0460. The van der Waals surface area contributed by atoms with E-state index in [1.54, 1.807) is 73.8 Å². The normalized spacial score (nSPS) is 31.4. The number of epoxide rings is 1. The molecule has 13 nitrogen and oxygen atoms in total. The molecule has 3 aliphatic heterocycles. The van der Waals surface area contributed by atoms with Crippen LogP contribution in [0.5, 0.6) is 5.75 Å². The molecule has 1 aromatic rings. The number of rotatable bonds is 10. The molecule has 4 bridgehead atoms. The molecule has 9 atom stereocenters. The largest absolute Gasteiger partial charge is 0.495 e. The van der Waals surface area contributed by atoms with E-state index in [-0.39, 0.29) is 35.4 Å². The van der Waals surface area contributed by atoms with Gasteiger partial charge in [-0.15, -0.1) is 0 Å². The van der Waals surface area contributed by atoms with E-state index in [0.29, 0.717) is 24.3 Å². The van der Waals surface area contributed by atoms with Crippen molar-refractivity contribution in [2.75, 3.05) is 39.5 Å². The Bertz CT molecular complexity index is 1630. The Morgan fingerprint density at radius 1 is 1.24 bits per heavy atom. The molecular weight excluding hydrogens is 758 g/mol. The number of nitrogens with zero attached hydrogens (tertiary/aromatic N) is 2. The number of amides is 3. The van der Waals surface area contributed by atoms with Crippen LogP contribution in [0.25, 0.3) is 0 Å². The fourth-order valence-corrected chi connectivity index (χ4v) is 9.06. The molecule has 2 N–H and O–H groups in total. The highest BCUT2D eigenvalue weighted by Crippen LogP contribution is 2.49. The zero-order valence-corrected chi connectivity index (χ0v) is 35.1. The number of halogens is 1. The number of esters is 1. The van der Waals surface area contributed by atoms with Crippen LogP contribution in [0.15, 0.2) is 35.9 Å². The number of allylic oxidation sites excluding steroid dienone is 3. The van der Waals surface area contributed by atoms with Crippen molar-refractivity contribution >= 4 is 62.8 Å². The van der Waals surface area contributed by atoms with Crippen LogP contribution in [0.3, 0.4) is 0 Å². The van der Waals surface area contributed by atoms with E-state index in [1.807, 2.05) is 33.1 Å². The molecule has 2 saturated heterocycles. The van der Waals surface area contributed by atoms with Crippen molar-refractivity contribution in [3.05, 3.63) is 46.5 Å². The molecule has 16 heteroatoms. The molecule has 0 unspecified atom stereocenters. The third-order valence-electron chi connectivity index (χ3n) is 10.5. The summed E-state index contributed by atoms with van der Waals surface area (Å²) < 4.78 is 29.3. The number of likely N-dealkylation sites (N-methyl/N-ethyl adjacent to an activating group) is 1. The number of methoxy groups -OCH3 is 2. The summed E-state index contributed by atoms with van der Waals surface area (Å²) in [5.41, 5.74) is -0.890. The summed E-state index contributed by atoms with van der Waals surface area (Å²) in [5.74, 6) is -1.48. The summed E-state index contributed by atoms with van der Waals surface area (Å²) in [6.45, 7) is 9.09. The number of alkyl carbamates (subject to hydrolysis) is 1. The van der Waals surface area contributed by atoms with Gasteiger partial charge in [0.15, 0.2) is 5.72 Å². The van der Waals surface area contributed by atoms with E-state index >= 15 is 0 Å². The summed E-state index contributed by atoms with van der Waals surface area (Å²) in [6.07, 6.45) is 3.89. The molecule has 0 saturated carbocycles. The number of anilines is 1. The van der Waals surface area contributed by atoms with Crippen molar-refractivity contribution in [3.63, 3.8) is 0 Å². The van der Waals surface area contributed by atoms with Gasteiger partial charge in [0.25, 0.3) is 0 Å². The van der Waals surface area contributed by atoms with Gasteiger partial charge in [0.05, 0.1) is 25.3 Å². The highest BCUT2D eigenvalue weighted by atomic mass is 35.5. The van der Waals surface area contributed by atoms with Crippen LogP contribution in [-0.4, -0.2) is 115 Å². The number of hydrogen-bond donors (Lipinski definition) is 2. The minimum atomic E-state index is -1.82. The van der Waals surface area contributed by atoms with Gasteiger partial charge in [-0.3, -0.25) is 14.9 Å². The van der Waals surface area contributed by atoms with Gasteiger partial charge in [-0.05, 0) is 57.6 Å². The Balaban J connectivity index is 1.72. The molecule has 3 heterocycles. The highest BCUT2D eigenvalue weighted by Gasteiger charge is 2.64. The molecule has 0 radical (unpaired) electrons. The van der Waals surface area contributed by atoms with E-state index in [0.717, 1.165) is 11.1 Å². The van der Waals surface area contributed by atoms with Crippen LogP contribution in [-0.2, 0) is 39.8 Å². The fraction of sp³-hybridized carbons (Fsp3) is 0.632. The Morgan fingerprint density at radius 3 is 2.59 bits per heavy atom. The van der Waals surface area contributed by atoms with Crippen LogP contribution in [0.4, 0.5) is 10.5 Å². The van der Waals surface area contributed by atoms with Crippen molar-refractivity contribution in [2.45, 2.75) is 114 Å². The maximum atomic E-state index is 14.2. The van der Waals surface area contributed by atoms with Gasteiger partial charge in [0, 0.05) is 45.2 Å². The lowest BCUT2D eigenvalue weighted by molar-refractivity contribution is -0.162. The molecule has 2 fully saturated rings. The van der Waals surface area contributed by atoms with E-state index < -0.39 is 65.7 Å². The van der Waals surface area contributed by atoms with Crippen molar-refractivity contribution < 1.29 is 48.0 Å². The minimum Gasteiger partial charge on any atom is -0.495 e. The lowest BCUT2D eigenvalue weighted by atomic mass is 9.83. The summed E-state index contributed by atoms with van der Waals surface area (Å²) in [4.78, 5) is 56.7. The van der Waals surface area contributed by atoms with Crippen LogP contribution in [0.2, 0.25) is 5.02 Å². The lowest BCUT2D eigenvalue weighted by Crippen LogP contribution is -2.63. The average molecular weight is 812 g/mol. The first-order valence-electron chi connectivity index (χ1n) is 17.9. The standard InChI is InChI=1S/C38H54ClN3O10S2/c1-21-12-11-13-29(49-9)38(47)20-28(50-36(46)40-38)23(3)34-37(5,52-34)30(51-35(45)24(4)41(6)31(43)15-14-22(2)54-53-10)19-32(44)42(7)26-17-25(16-21)18-27(48-8)33(26)39/h11-13,17-18,22-24,28-30,34,47H,14-16,19-20H2,1-10H3,(H,40,46)/b13-11+,21-12+/t22-,23-,24-,28+,29-,30+,34+,37+,38+/m1/s1. The average Bonchev–Trinajstić information content (AvgIpc) is 3.82. The highest BCUT2D eigenvalue weighted by molar-refractivity contribution is 8.76. The second-order valence-corrected chi connectivity index (χ2v) is 17.8. The summed E-state index contributed by atoms with van der Waals surface area (Å²) in [7, 11) is 9.38. The lowest BCUT2D eigenvalue weighted by Gasteiger charge is -2.42. The Kier molecular flexibility index (Phi) is 14.9. The van der Waals surface area contributed by atoms with Gasteiger partial charge in [-0.1, -0.05) is 70.8 Å². The number of fused-ring (bicyclic) bond motifs is 5. The predicted molar refractivity (Wildman–Crippen MR) is 211 cm³/mol. The molecular formula is C38H54ClN3O10S2. The van der Waals surface area contributed by atoms with Crippen molar-refractivity contribution in [3.8, 4) is 5.75 Å². The number of aliphatic hydroxyl groups is 1. The number of nitrogens with one attached hydrogen (secondary N) is 1. The van der Waals surface area contributed by atoms with Gasteiger partial charge in [0.1, 0.15) is 40.7 Å². The van der Waals surface area contributed by atoms with E-state index in [4.69, 9.17) is 35.3 Å². The number of carbonyl (C=O) groups is 4.